The van der Waals surface area contributed by atoms with E-state index in [1.54, 1.807) is 0 Å². The van der Waals surface area contributed by atoms with Crippen molar-refractivity contribution in [2.24, 2.45) is 0 Å². The molecule has 1 saturated heterocycles. The summed E-state index contributed by atoms with van der Waals surface area (Å²) in [5.41, 5.74) is -0.341. The summed E-state index contributed by atoms with van der Waals surface area (Å²) in [4.78, 5) is 1.15. The lowest BCUT2D eigenvalue weighted by Crippen LogP contribution is -2.49. The zero-order chi connectivity index (χ0) is 18.0. The lowest BCUT2D eigenvalue weighted by atomic mass is 10.0. The van der Waals surface area contributed by atoms with Gasteiger partial charge in [-0.05, 0) is 17.7 Å². The van der Waals surface area contributed by atoms with Crippen molar-refractivity contribution in [3.05, 3.63) is 29.8 Å². The number of ether oxygens (including phenoxy) is 1. The van der Waals surface area contributed by atoms with Gasteiger partial charge in [-0.25, -0.2) is 0 Å². The highest BCUT2D eigenvalue weighted by molar-refractivity contribution is 5.32. The van der Waals surface area contributed by atoms with Gasteiger partial charge in [-0.2, -0.15) is 30.7 Å². The quantitative estimate of drug-likeness (QED) is 0.815. The van der Waals surface area contributed by atoms with E-state index in [1.165, 1.54) is 0 Å². The number of nitrogens with zero attached hydrogens (tertiary/aromatic N) is 1. The topological polar surface area (TPSA) is 24.5 Å². The van der Waals surface area contributed by atoms with Crippen molar-refractivity contribution >= 4 is 0 Å². The Morgan fingerprint density at radius 2 is 1.67 bits per heavy atom. The fourth-order valence-corrected chi connectivity index (χ4v) is 2.50. The molecule has 0 amide bonds. The van der Waals surface area contributed by atoms with E-state index in [9.17, 15) is 30.7 Å². The molecule has 0 bridgehead atoms. The first-order valence-electron chi connectivity index (χ1n) is 7.07. The first-order valence-corrected chi connectivity index (χ1v) is 7.07. The van der Waals surface area contributed by atoms with Crippen LogP contribution in [0.1, 0.15) is 11.6 Å². The Morgan fingerprint density at radius 3 is 2.21 bits per heavy atom. The Labute approximate surface area is 133 Å². The molecular weight excluding hydrogens is 345 g/mol. The summed E-state index contributed by atoms with van der Waals surface area (Å²) in [5, 5.41) is 2.91. The summed E-state index contributed by atoms with van der Waals surface area (Å²) in [5.74, 6) is -0.748. The molecule has 1 N–H and O–H groups in total. The minimum Gasteiger partial charge on any atom is -0.428 e. The maximum absolute atomic E-state index is 13.4. The van der Waals surface area contributed by atoms with Crippen LogP contribution in [0, 0.1) is 0 Å². The molecule has 1 aliphatic rings. The van der Waals surface area contributed by atoms with Gasteiger partial charge >= 0.3 is 18.7 Å². The lowest BCUT2D eigenvalue weighted by molar-refractivity contribution is -0.253. The largest absolute Gasteiger partial charge is 0.461 e. The van der Waals surface area contributed by atoms with E-state index in [1.807, 2.05) is 0 Å². The zero-order valence-corrected chi connectivity index (χ0v) is 12.3. The number of halogens is 7. The first kappa shape index (κ1) is 18.8. The van der Waals surface area contributed by atoms with Crippen molar-refractivity contribution in [2.75, 3.05) is 26.2 Å². The minimum atomic E-state index is -4.78. The molecule has 1 heterocycles. The second-order valence-corrected chi connectivity index (χ2v) is 5.27. The van der Waals surface area contributed by atoms with Crippen molar-refractivity contribution in [1.29, 1.82) is 0 Å². The maximum Gasteiger partial charge on any atom is 0.461 e. The van der Waals surface area contributed by atoms with Crippen molar-refractivity contribution in [2.45, 2.75) is 24.8 Å². The van der Waals surface area contributed by atoms with E-state index >= 15 is 0 Å². The lowest BCUT2D eigenvalue weighted by Gasteiger charge is -2.36. The van der Waals surface area contributed by atoms with Gasteiger partial charge in [-0.3, -0.25) is 4.90 Å². The van der Waals surface area contributed by atoms with Gasteiger partial charge in [0, 0.05) is 26.2 Å². The molecule has 10 heteroatoms. The van der Waals surface area contributed by atoms with E-state index in [4.69, 9.17) is 0 Å². The van der Waals surface area contributed by atoms with Crippen LogP contribution in [0.5, 0.6) is 5.75 Å². The number of rotatable bonds is 5. The predicted octanol–water partition coefficient (Wildman–Crippen LogP) is 3.43. The molecule has 0 spiro atoms. The smallest absolute Gasteiger partial charge is 0.428 e. The molecule has 1 aliphatic heterocycles. The van der Waals surface area contributed by atoms with Gasteiger partial charge in [0.15, 0.2) is 0 Å². The van der Waals surface area contributed by atoms with Gasteiger partial charge < -0.3 is 10.1 Å². The van der Waals surface area contributed by atoms with E-state index in [2.05, 4.69) is 10.1 Å². The summed E-state index contributed by atoms with van der Waals surface area (Å²) in [6, 6.07) is 1.77. The van der Waals surface area contributed by atoms with Crippen LogP contribution >= 0.6 is 0 Å². The molecule has 0 saturated carbocycles. The second kappa shape index (κ2) is 7.14. The summed E-state index contributed by atoms with van der Waals surface area (Å²) in [6.45, 7) is 0.934. The monoisotopic (exact) mass is 360 g/mol. The van der Waals surface area contributed by atoms with E-state index in [0.29, 0.717) is 13.1 Å². The van der Waals surface area contributed by atoms with Crippen molar-refractivity contribution in [1.82, 2.24) is 10.2 Å². The highest BCUT2D eigenvalue weighted by atomic mass is 19.4. The first-order chi connectivity index (χ1) is 11.1. The molecule has 2 rings (SSSR count). The normalized spacial score (nSPS) is 18.7. The Balaban J connectivity index is 2.29. The summed E-state index contributed by atoms with van der Waals surface area (Å²) in [7, 11) is 0. The molecule has 3 nitrogen and oxygen atoms in total. The molecule has 0 unspecified atom stereocenters. The third-order valence-corrected chi connectivity index (χ3v) is 3.51. The summed E-state index contributed by atoms with van der Waals surface area (Å²) < 4.78 is 94.3. The summed E-state index contributed by atoms with van der Waals surface area (Å²) in [6.07, 6.45) is -13.5. The number of nitrogens with one attached hydrogen (secondary N) is 1. The van der Waals surface area contributed by atoms with Gasteiger partial charge in [0.2, 0.25) is 0 Å². The Bertz CT molecular complexity index is 544. The van der Waals surface area contributed by atoms with Gasteiger partial charge in [0.25, 0.3) is 0 Å². The molecule has 0 aromatic heterocycles. The molecule has 1 aromatic carbocycles. The molecule has 1 atom stereocenters. The van der Waals surface area contributed by atoms with E-state index < -0.39 is 30.5 Å². The van der Waals surface area contributed by atoms with Crippen LogP contribution in [0.25, 0.3) is 0 Å². The number of hydrogen-bond acceptors (Lipinski definition) is 3. The van der Waals surface area contributed by atoms with Gasteiger partial charge in [0.05, 0.1) is 0 Å². The molecule has 1 aromatic rings. The van der Waals surface area contributed by atoms with Gasteiger partial charge in [-0.15, -0.1) is 0 Å². The van der Waals surface area contributed by atoms with E-state index in [0.717, 1.165) is 29.2 Å². The summed E-state index contributed by atoms with van der Waals surface area (Å²) >= 11 is 0. The Hall–Kier alpha value is -1.55. The van der Waals surface area contributed by atoms with Crippen LogP contribution in [0.2, 0.25) is 0 Å². The zero-order valence-electron chi connectivity index (χ0n) is 12.3. The maximum atomic E-state index is 13.4. The average Bonchev–Trinajstić information content (AvgIpc) is 2.47. The number of piperazine rings is 1. The van der Waals surface area contributed by atoms with Crippen LogP contribution in [0.4, 0.5) is 30.7 Å². The van der Waals surface area contributed by atoms with Crippen LogP contribution < -0.4 is 10.1 Å². The van der Waals surface area contributed by atoms with E-state index in [-0.39, 0.29) is 18.7 Å². The third kappa shape index (κ3) is 4.50. The number of alkyl halides is 7. The molecule has 0 radical (unpaired) electrons. The third-order valence-electron chi connectivity index (χ3n) is 3.51. The van der Waals surface area contributed by atoms with Crippen LogP contribution in [-0.2, 0) is 0 Å². The van der Waals surface area contributed by atoms with Crippen molar-refractivity contribution < 1.29 is 35.5 Å². The van der Waals surface area contributed by atoms with Crippen molar-refractivity contribution in [3.63, 3.8) is 0 Å². The van der Waals surface area contributed by atoms with Gasteiger partial charge in [-0.1, -0.05) is 12.1 Å². The number of benzene rings is 1. The van der Waals surface area contributed by atoms with Crippen LogP contribution in [0.15, 0.2) is 24.3 Å². The van der Waals surface area contributed by atoms with Gasteiger partial charge in [0.1, 0.15) is 11.8 Å². The fourth-order valence-electron chi connectivity index (χ4n) is 2.50. The second-order valence-electron chi connectivity index (χ2n) is 5.27. The molecule has 24 heavy (non-hydrogen) atoms. The molecular formula is C14H15F7N2O. The standard InChI is InChI=1S/C14H15F7N2O/c15-12(16)14(20,21)24-10-3-1-2-9(8-10)11(13(17,18)19)23-6-4-22-5-7-23/h1-3,8,11-12,22H,4-7H2/t11-/m1/s1. The average molecular weight is 360 g/mol. The van der Waals surface area contributed by atoms with Crippen LogP contribution in [-0.4, -0.2) is 49.8 Å². The molecule has 136 valence electrons. The molecule has 1 fully saturated rings. The Morgan fingerprint density at radius 1 is 1.04 bits per heavy atom. The highest BCUT2D eigenvalue weighted by Gasteiger charge is 2.46. The minimum absolute atomic E-state index is 0.114. The Kier molecular flexibility index (Phi) is 5.59. The molecule has 0 aliphatic carbocycles. The van der Waals surface area contributed by atoms with Crippen LogP contribution in [0.3, 0.4) is 0 Å². The fraction of sp³-hybridized carbons (Fsp3) is 0.571. The SMILES string of the molecule is FC(F)C(F)(F)Oc1cccc([C@@H](N2CCNCC2)C(F)(F)F)c1. The highest BCUT2D eigenvalue weighted by Crippen LogP contribution is 2.39. The number of hydrogen-bond donors (Lipinski definition) is 1. The predicted molar refractivity (Wildman–Crippen MR) is 71.3 cm³/mol. The van der Waals surface area contributed by atoms with Crippen molar-refractivity contribution in [3.8, 4) is 5.75 Å².